The number of pyridine rings is 2. The number of aryl methyl sites for hydroxylation is 1. The molecule has 2 rings (SSSR count). The third kappa shape index (κ3) is 1.80. The van der Waals surface area contributed by atoms with Crippen LogP contribution in [0.2, 0.25) is 0 Å². The quantitative estimate of drug-likeness (QED) is 0.723. The fourth-order valence-electron chi connectivity index (χ4n) is 1.69. The number of aromatic nitrogens is 2. The van der Waals surface area contributed by atoms with Crippen LogP contribution in [0.15, 0.2) is 29.2 Å². The molecule has 0 aliphatic heterocycles. The molecule has 0 N–H and O–H groups in total. The Morgan fingerprint density at radius 1 is 1.41 bits per heavy atom. The highest BCUT2D eigenvalue weighted by Gasteiger charge is 2.15. The van der Waals surface area contributed by atoms with Gasteiger partial charge in [0.2, 0.25) is 0 Å². The van der Waals surface area contributed by atoms with Crippen LogP contribution in [0.4, 0.5) is 0 Å². The molecule has 0 fully saturated rings. The molecule has 0 aliphatic rings. The minimum absolute atomic E-state index is 0.165. The fraction of sp³-hybridized carbons (Fsp3) is 0.250. The van der Waals surface area contributed by atoms with Crippen molar-refractivity contribution in [1.29, 1.82) is 0 Å². The van der Waals surface area contributed by atoms with Gasteiger partial charge in [0.15, 0.2) is 0 Å². The second-order valence-electron chi connectivity index (χ2n) is 4.04. The summed E-state index contributed by atoms with van der Waals surface area (Å²) in [6, 6.07) is 5.19. The number of rotatable bonds is 1. The van der Waals surface area contributed by atoms with Gasteiger partial charge in [0.25, 0.3) is 11.5 Å². The minimum Gasteiger partial charge on any atom is -0.345 e. The molecule has 5 nitrogen and oxygen atoms in total. The largest absolute Gasteiger partial charge is 0.345 e. The number of amides is 1. The smallest absolute Gasteiger partial charge is 0.264 e. The summed E-state index contributed by atoms with van der Waals surface area (Å²) in [5.41, 5.74) is 0.417. The van der Waals surface area contributed by atoms with Crippen LogP contribution in [-0.4, -0.2) is 34.5 Å². The van der Waals surface area contributed by atoms with Crippen LogP contribution in [-0.2, 0) is 7.05 Å². The molecular weight excluding hydrogens is 218 g/mol. The van der Waals surface area contributed by atoms with Crippen LogP contribution in [0, 0.1) is 0 Å². The Bertz CT molecular complexity index is 644. The molecule has 2 aromatic heterocycles. The third-order valence-corrected chi connectivity index (χ3v) is 2.61. The van der Waals surface area contributed by atoms with Crippen LogP contribution in [0.3, 0.4) is 0 Å². The minimum atomic E-state index is -0.324. The van der Waals surface area contributed by atoms with Crippen LogP contribution in [0.5, 0.6) is 0 Å². The molecule has 2 heterocycles. The monoisotopic (exact) mass is 231 g/mol. The summed E-state index contributed by atoms with van der Waals surface area (Å²) in [5, 5.41) is 0.778. The van der Waals surface area contributed by atoms with Gasteiger partial charge in [-0.2, -0.15) is 0 Å². The van der Waals surface area contributed by atoms with Crippen molar-refractivity contribution in [3.63, 3.8) is 0 Å². The number of hydrogen-bond donors (Lipinski definition) is 0. The number of carbonyl (C=O) groups is 1. The Morgan fingerprint density at radius 2 is 2.12 bits per heavy atom. The first-order chi connectivity index (χ1) is 8.02. The molecule has 0 saturated heterocycles. The van der Waals surface area contributed by atoms with E-state index in [9.17, 15) is 9.59 Å². The molecule has 17 heavy (non-hydrogen) atoms. The van der Waals surface area contributed by atoms with Crippen molar-refractivity contribution in [2.45, 2.75) is 0 Å². The van der Waals surface area contributed by atoms with Crippen molar-refractivity contribution in [3.8, 4) is 0 Å². The molecule has 0 aromatic carbocycles. The topological polar surface area (TPSA) is 55.2 Å². The highest BCUT2D eigenvalue weighted by atomic mass is 16.2. The van der Waals surface area contributed by atoms with Gasteiger partial charge in [-0.3, -0.25) is 14.2 Å². The van der Waals surface area contributed by atoms with E-state index in [1.165, 1.54) is 9.47 Å². The second-order valence-corrected chi connectivity index (χ2v) is 4.04. The standard InChI is InChI=1S/C12H13N3O2/c1-14(2)11(16)9-7-8-5-4-6-13-10(8)15(3)12(9)17/h4-7H,1-3H3. The first-order valence-corrected chi connectivity index (χ1v) is 5.19. The summed E-state index contributed by atoms with van der Waals surface area (Å²) in [5.74, 6) is -0.295. The van der Waals surface area contributed by atoms with Gasteiger partial charge in [0.1, 0.15) is 11.2 Å². The van der Waals surface area contributed by atoms with Crippen LogP contribution in [0.1, 0.15) is 10.4 Å². The average molecular weight is 231 g/mol. The summed E-state index contributed by atoms with van der Waals surface area (Å²) in [4.78, 5) is 29.4. The van der Waals surface area contributed by atoms with E-state index < -0.39 is 0 Å². The third-order valence-electron chi connectivity index (χ3n) is 2.61. The molecule has 2 aromatic rings. The van der Waals surface area contributed by atoms with E-state index in [0.717, 1.165) is 5.39 Å². The Labute approximate surface area is 98.3 Å². The van der Waals surface area contributed by atoms with E-state index in [0.29, 0.717) is 5.65 Å². The van der Waals surface area contributed by atoms with Crippen LogP contribution in [0.25, 0.3) is 11.0 Å². The maximum absolute atomic E-state index is 12.0. The van der Waals surface area contributed by atoms with Crippen LogP contribution >= 0.6 is 0 Å². The zero-order valence-electron chi connectivity index (χ0n) is 9.97. The summed E-state index contributed by atoms with van der Waals surface area (Å²) in [6.07, 6.45) is 1.62. The summed E-state index contributed by atoms with van der Waals surface area (Å²) < 4.78 is 1.39. The first-order valence-electron chi connectivity index (χ1n) is 5.19. The maximum Gasteiger partial charge on any atom is 0.264 e. The number of hydrogen-bond acceptors (Lipinski definition) is 3. The lowest BCUT2D eigenvalue weighted by atomic mass is 10.2. The van der Waals surface area contributed by atoms with Crippen molar-refractivity contribution in [1.82, 2.24) is 14.5 Å². The van der Waals surface area contributed by atoms with Crippen molar-refractivity contribution < 1.29 is 4.79 Å². The lowest BCUT2D eigenvalue weighted by Gasteiger charge is -2.11. The average Bonchev–Trinajstić information content (AvgIpc) is 2.33. The first kappa shape index (κ1) is 11.3. The van der Waals surface area contributed by atoms with Crippen LogP contribution < -0.4 is 5.56 Å². The molecular formula is C12H13N3O2. The molecule has 0 unspecified atom stereocenters. The summed E-state index contributed by atoms with van der Waals surface area (Å²) in [6.45, 7) is 0. The van der Waals surface area contributed by atoms with Gasteiger partial charge in [-0.1, -0.05) is 0 Å². The van der Waals surface area contributed by atoms with Crippen molar-refractivity contribution in [2.75, 3.05) is 14.1 Å². The second kappa shape index (κ2) is 4.01. The van der Waals surface area contributed by atoms with E-state index in [2.05, 4.69) is 4.98 Å². The molecule has 0 saturated carbocycles. The predicted octanol–water partition coefficient (Wildman–Crippen LogP) is 0.635. The predicted molar refractivity (Wildman–Crippen MR) is 65.0 cm³/mol. The van der Waals surface area contributed by atoms with E-state index in [4.69, 9.17) is 0 Å². The Kier molecular flexibility index (Phi) is 2.67. The van der Waals surface area contributed by atoms with Crippen molar-refractivity contribution in [3.05, 3.63) is 40.3 Å². The highest BCUT2D eigenvalue weighted by molar-refractivity contribution is 5.96. The number of nitrogens with zero attached hydrogens (tertiary/aromatic N) is 3. The molecule has 0 bridgehead atoms. The van der Waals surface area contributed by atoms with Gasteiger partial charge in [0, 0.05) is 32.7 Å². The van der Waals surface area contributed by atoms with E-state index >= 15 is 0 Å². The molecule has 5 heteroatoms. The SMILES string of the molecule is CN(C)C(=O)c1cc2cccnc2n(C)c1=O. The summed E-state index contributed by atoms with van der Waals surface area (Å²) >= 11 is 0. The van der Waals surface area contributed by atoms with Gasteiger partial charge >= 0.3 is 0 Å². The normalized spacial score (nSPS) is 10.5. The zero-order valence-corrected chi connectivity index (χ0v) is 9.97. The van der Waals surface area contributed by atoms with Gasteiger partial charge in [-0.05, 0) is 18.2 Å². The molecule has 0 spiro atoms. The fourth-order valence-corrected chi connectivity index (χ4v) is 1.69. The van der Waals surface area contributed by atoms with E-state index in [1.54, 1.807) is 39.5 Å². The Morgan fingerprint density at radius 3 is 2.76 bits per heavy atom. The van der Waals surface area contributed by atoms with E-state index in [-0.39, 0.29) is 17.0 Å². The Hall–Kier alpha value is -2.17. The molecule has 0 atom stereocenters. The lowest BCUT2D eigenvalue weighted by molar-refractivity contribution is 0.0825. The number of fused-ring (bicyclic) bond motifs is 1. The zero-order chi connectivity index (χ0) is 12.6. The molecule has 0 radical (unpaired) electrons. The number of carbonyl (C=O) groups excluding carboxylic acids is 1. The van der Waals surface area contributed by atoms with Gasteiger partial charge in [-0.15, -0.1) is 0 Å². The lowest BCUT2D eigenvalue weighted by Crippen LogP contribution is -2.31. The van der Waals surface area contributed by atoms with Gasteiger partial charge in [-0.25, -0.2) is 4.98 Å². The van der Waals surface area contributed by atoms with Gasteiger partial charge in [0.05, 0.1) is 0 Å². The van der Waals surface area contributed by atoms with Crippen molar-refractivity contribution >= 4 is 16.9 Å². The maximum atomic E-state index is 12.0. The van der Waals surface area contributed by atoms with E-state index in [1.807, 2.05) is 6.07 Å². The van der Waals surface area contributed by atoms with Gasteiger partial charge < -0.3 is 4.90 Å². The molecule has 0 aliphatic carbocycles. The summed E-state index contributed by atoms with van der Waals surface area (Å²) in [7, 11) is 4.86. The molecule has 1 amide bonds. The highest BCUT2D eigenvalue weighted by Crippen LogP contribution is 2.10. The Balaban J connectivity index is 2.79. The molecule has 88 valence electrons. The van der Waals surface area contributed by atoms with Crippen molar-refractivity contribution in [2.24, 2.45) is 7.05 Å².